The van der Waals surface area contributed by atoms with Gasteiger partial charge in [-0.05, 0) is 29.6 Å². The Morgan fingerprint density at radius 2 is 1.88 bits per heavy atom. The third-order valence-electron chi connectivity index (χ3n) is 5.22. The predicted octanol–water partition coefficient (Wildman–Crippen LogP) is 5.17. The Morgan fingerprint density at radius 3 is 2.53 bits per heavy atom. The van der Waals surface area contributed by atoms with Crippen LogP contribution in [0.15, 0.2) is 59.5 Å². The predicted molar refractivity (Wildman–Crippen MR) is 122 cm³/mol. The standard InChI is InChI=1S/C22H11F2N3O5S2/c23-11-8-13(24)17-15(9-11)34-22(25-17)26-18(14-2-1-7-33-14)16(20(29)21(26)30)19(28)10-3-5-12(6-4-10)27(31)32/h1-9,18,28H/b19-16+. The maximum absolute atomic E-state index is 14.2. The molecule has 170 valence electrons. The molecule has 3 heterocycles. The van der Waals surface area contributed by atoms with Gasteiger partial charge in [-0.25, -0.2) is 13.8 Å². The lowest BCUT2D eigenvalue weighted by atomic mass is 10.00. The summed E-state index contributed by atoms with van der Waals surface area (Å²) in [7, 11) is 0. The molecule has 4 aromatic rings. The van der Waals surface area contributed by atoms with E-state index < -0.39 is 40.0 Å². The monoisotopic (exact) mass is 499 g/mol. The van der Waals surface area contributed by atoms with Crippen molar-refractivity contribution in [1.29, 1.82) is 0 Å². The van der Waals surface area contributed by atoms with Crippen LogP contribution in [0.5, 0.6) is 0 Å². The molecule has 0 radical (unpaired) electrons. The molecule has 2 aromatic heterocycles. The number of aliphatic hydroxyl groups is 1. The van der Waals surface area contributed by atoms with E-state index in [0.717, 1.165) is 34.4 Å². The van der Waals surface area contributed by atoms with Crippen LogP contribution in [0.1, 0.15) is 16.5 Å². The van der Waals surface area contributed by atoms with Gasteiger partial charge in [-0.1, -0.05) is 17.4 Å². The van der Waals surface area contributed by atoms with E-state index in [1.165, 1.54) is 23.5 Å². The van der Waals surface area contributed by atoms with Crippen LogP contribution in [0.4, 0.5) is 19.6 Å². The summed E-state index contributed by atoms with van der Waals surface area (Å²) in [4.78, 5) is 42.2. The second kappa shape index (κ2) is 8.08. The highest BCUT2D eigenvalue weighted by Crippen LogP contribution is 2.45. The summed E-state index contributed by atoms with van der Waals surface area (Å²) in [6.45, 7) is 0. The number of amides is 1. The van der Waals surface area contributed by atoms with Crippen LogP contribution in [-0.2, 0) is 9.59 Å². The number of aliphatic hydroxyl groups excluding tert-OH is 1. The van der Waals surface area contributed by atoms with Crippen LogP contribution in [0.25, 0.3) is 16.0 Å². The third kappa shape index (κ3) is 3.43. The van der Waals surface area contributed by atoms with Gasteiger partial charge < -0.3 is 5.11 Å². The molecule has 0 saturated carbocycles. The van der Waals surface area contributed by atoms with Crippen molar-refractivity contribution in [1.82, 2.24) is 4.98 Å². The summed E-state index contributed by atoms with van der Waals surface area (Å²) in [5, 5.41) is 23.6. The van der Waals surface area contributed by atoms with E-state index in [4.69, 9.17) is 0 Å². The van der Waals surface area contributed by atoms with E-state index in [0.29, 0.717) is 10.9 Å². The van der Waals surface area contributed by atoms with E-state index in [1.54, 1.807) is 17.5 Å². The maximum Gasteiger partial charge on any atom is 0.301 e. The van der Waals surface area contributed by atoms with Crippen molar-refractivity contribution in [2.75, 3.05) is 4.90 Å². The smallest absolute Gasteiger partial charge is 0.301 e. The second-order valence-corrected chi connectivity index (χ2v) is 9.21. The van der Waals surface area contributed by atoms with E-state index in [9.17, 15) is 33.6 Å². The number of nitro groups is 1. The molecule has 0 bridgehead atoms. The summed E-state index contributed by atoms with van der Waals surface area (Å²) in [6.07, 6.45) is 0. The van der Waals surface area contributed by atoms with E-state index in [1.807, 2.05) is 0 Å². The zero-order chi connectivity index (χ0) is 24.1. The number of aromatic nitrogens is 1. The number of Topliss-reactive ketones (excluding diaryl/α,β-unsaturated/α-hetero) is 1. The minimum atomic E-state index is -1.08. The molecular weight excluding hydrogens is 488 g/mol. The molecule has 2 aromatic carbocycles. The molecule has 12 heteroatoms. The molecular formula is C22H11F2N3O5S2. The molecule has 1 amide bonds. The molecule has 1 fully saturated rings. The molecule has 1 N–H and O–H groups in total. The van der Waals surface area contributed by atoms with Crippen LogP contribution in [0.3, 0.4) is 0 Å². The first-order valence-corrected chi connectivity index (χ1v) is 11.3. The van der Waals surface area contributed by atoms with Crippen molar-refractivity contribution in [3.63, 3.8) is 0 Å². The molecule has 1 atom stereocenters. The maximum atomic E-state index is 14.2. The highest BCUT2D eigenvalue weighted by molar-refractivity contribution is 7.22. The number of hydrogen-bond acceptors (Lipinski definition) is 8. The Hall–Kier alpha value is -4.03. The number of ketones is 1. The fourth-order valence-electron chi connectivity index (χ4n) is 3.69. The molecule has 5 rings (SSSR count). The summed E-state index contributed by atoms with van der Waals surface area (Å²) in [5.74, 6) is -4.24. The first-order valence-electron chi connectivity index (χ1n) is 9.61. The molecule has 1 aliphatic heterocycles. The van der Waals surface area contributed by atoms with E-state index in [-0.39, 0.29) is 32.2 Å². The normalized spacial score (nSPS) is 17.6. The number of carbonyl (C=O) groups is 2. The Balaban J connectivity index is 1.69. The Labute approximate surface area is 197 Å². The number of rotatable bonds is 4. The van der Waals surface area contributed by atoms with E-state index in [2.05, 4.69) is 4.98 Å². The largest absolute Gasteiger partial charge is 0.507 e. The van der Waals surface area contributed by atoms with Crippen LogP contribution in [-0.4, -0.2) is 26.7 Å². The quantitative estimate of drug-likeness (QED) is 0.136. The van der Waals surface area contributed by atoms with Crippen molar-refractivity contribution in [2.24, 2.45) is 0 Å². The lowest BCUT2D eigenvalue weighted by molar-refractivity contribution is -0.384. The van der Waals surface area contributed by atoms with Gasteiger partial charge in [-0.15, -0.1) is 11.3 Å². The van der Waals surface area contributed by atoms with Crippen molar-refractivity contribution in [2.45, 2.75) is 6.04 Å². The molecule has 1 aliphatic rings. The van der Waals surface area contributed by atoms with Crippen molar-refractivity contribution in [3.8, 4) is 0 Å². The van der Waals surface area contributed by atoms with Crippen molar-refractivity contribution < 1.29 is 28.4 Å². The van der Waals surface area contributed by atoms with Gasteiger partial charge in [0.1, 0.15) is 23.1 Å². The highest BCUT2D eigenvalue weighted by atomic mass is 32.1. The lowest BCUT2D eigenvalue weighted by Crippen LogP contribution is -2.28. The van der Waals surface area contributed by atoms with Gasteiger partial charge in [0.15, 0.2) is 10.9 Å². The van der Waals surface area contributed by atoms with Crippen LogP contribution < -0.4 is 4.90 Å². The van der Waals surface area contributed by atoms with E-state index >= 15 is 0 Å². The first kappa shape index (κ1) is 21.8. The zero-order valence-electron chi connectivity index (χ0n) is 16.8. The number of nitrogens with zero attached hydrogens (tertiary/aromatic N) is 3. The highest BCUT2D eigenvalue weighted by Gasteiger charge is 2.48. The van der Waals surface area contributed by atoms with Crippen LogP contribution >= 0.6 is 22.7 Å². The van der Waals surface area contributed by atoms with Gasteiger partial charge >= 0.3 is 5.91 Å². The van der Waals surface area contributed by atoms with Crippen molar-refractivity contribution >= 4 is 61.2 Å². The lowest BCUT2D eigenvalue weighted by Gasteiger charge is -2.21. The fourth-order valence-corrected chi connectivity index (χ4v) is 5.55. The number of carbonyl (C=O) groups excluding carboxylic acids is 2. The van der Waals surface area contributed by atoms with Gasteiger partial charge in [0, 0.05) is 28.6 Å². The number of nitro benzene ring substituents is 1. The molecule has 34 heavy (non-hydrogen) atoms. The average molecular weight is 499 g/mol. The number of thiophene rings is 1. The summed E-state index contributed by atoms with van der Waals surface area (Å²) >= 11 is 2.05. The molecule has 8 nitrogen and oxygen atoms in total. The first-order chi connectivity index (χ1) is 16.3. The summed E-state index contributed by atoms with van der Waals surface area (Å²) in [5.41, 5.74) is -0.506. The van der Waals surface area contributed by atoms with Gasteiger partial charge in [-0.3, -0.25) is 24.6 Å². The van der Waals surface area contributed by atoms with Gasteiger partial charge in [0.05, 0.1) is 15.2 Å². The van der Waals surface area contributed by atoms with Gasteiger partial charge in [-0.2, -0.15) is 0 Å². The topological polar surface area (TPSA) is 114 Å². The van der Waals surface area contributed by atoms with Gasteiger partial charge in [0.2, 0.25) is 0 Å². The van der Waals surface area contributed by atoms with Crippen molar-refractivity contribution in [3.05, 3.63) is 91.7 Å². The van der Waals surface area contributed by atoms with Crippen LogP contribution in [0.2, 0.25) is 0 Å². The fraction of sp³-hybridized carbons (Fsp3) is 0.0455. The zero-order valence-corrected chi connectivity index (χ0v) is 18.4. The number of hydrogen-bond donors (Lipinski definition) is 1. The molecule has 0 spiro atoms. The minimum absolute atomic E-state index is 0.0391. The number of benzene rings is 2. The number of anilines is 1. The Morgan fingerprint density at radius 1 is 1.15 bits per heavy atom. The summed E-state index contributed by atoms with van der Waals surface area (Å²) < 4.78 is 28.1. The number of thiazole rings is 1. The number of halogens is 2. The Bertz CT molecular complexity index is 1510. The van der Waals surface area contributed by atoms with Crippen LogP contribution in [0, 0.1) is 21.7 Å². The summed E-state index contributed by atoms with van der Waals surface area (Å²) in [6, 6.07) is 8.88. The third-order valence-corrected chi connectivity index (χ3v) is 7.14. The number of non-ortho nitro benzene ring substituents is 1. The minimum Gasteiger partial charge on any atom is -0.507 e. The molecule has 0 aliphatic carbocycles. The average Bonchev–Trinajstić information content (AvgIpc) is 3.52. The second-order valence-electron chi connectivity index (χ2n) is 7.22. The molecule has 1 unspecified atom stereocenters. The number of fused-ring (bicyclic) bond motifs is 1. The molecule has 1 saturated heterocycles. The van der Waals surface area contributed by atoms with Gasteiger partial charge in [0.25, 0.3) is 11.5 Å². The Kier molecular flexibility index (Phi) is 5.18. The SMILES string of the molecule is O=C1C(=O)N(c2nc3c(F)cc(F)cc3s2)C(c2cccs2)/C1=C(\O)c1ccc([N+](=O)[O-])cc1.